The summed E-state index contributed by atoms with van der Waals surface area (Å²) in [5.74, 6) is -0.0122. The smallest absolute Gasteiger partial charge is 0.337 e. The van der Waals surface area contributed by atoms with E-state index in [1.54, 1.807) is 31.4 Å². The van der Waals surface area contributed by atoms with Crippen LogP contribution in [0.25, 0.3) is 0 Å². The number of carbonyl (C=O) groups is 2. The summed E-state index contributed by atoms with van der Waals surface area (Å²) in [6.45, 7) is 1.87. The van der Waals surface area contributed by atoms with Crippen molar-refractivity contribution in [2.24, 2.45) is 0 Å². The lowest BCUT2D eigenvalue weighted by Crippen LogP contribution is -2.36. The zero-order valence-corrected chi connectivity index (χ0v) is 20.2. The van der Waals surface area contributed by atoms with Crippen LogP contribution in [0.15, 0.2) is 71.1 Å². The average molecular weight is 474 g/mol. The van der Waals surface area contributed by atoms with Crippen molar-refractivity contribution in [1.82, 2.24) is 5.32 Å². The highest BCUT2D eigenvalue weighted by atomic mass is 16.5. The molecule has 2 aromatic carbocycles. The van der Waals surface area contributed by atoms with Crippen molar-refractivity contribution in [2.75, 3.05) is 7.11 Å². The Morgan fingerprint density at radius 2 is 1.74 bits per heavy atom. The molecule has 182 valence electrons. The van der Waals surface area contributed by atoms with Gasteiger partial charge in [0.2, 0.25) is 0 Å². The lowest BCUT2D eigenvalue weighted by atomic mass is 9.71. The minimum Gasteiger partial charge on any atom is -0.508 e. The molecule has 1 heterocycles. The predicted molar refractivity (Wildman–Crippen MR) is 132 cm³/mol. The fourth-order valence-electron chi connectivity index (χ4n) is 5.75. The van der Waals surface area contributed by atoms with Gasteiger partial charge in [-0.05, 0) is 68.4 Å². The Bertz CT molecular complexity index is 1200. The van der Waals surface area contributed by atoms with Crippen LogP contribution in [-0.4, -0.2) is 30.1 Å². The summed E-state index contributed by atoms with van der Waals surface area (Å²) in [4.78, 5) is 27.2. The zero-order valence-electron chi connectivity index (χ0n) is 20.2. The number of ketones is 1. The van der Waals surface area contributed by atoms with Gasteiger partial charge in [0, 0.05) is 35.2 Å². The highest BCUT2D eigenvalue weighted by molar-refractivity contribution is 6.04. The molecule has 0 aromatic heterocycles. The van der Waals surface area contributed by atoms with Crippen LogP contribution in [-0.2, 0) is 14.3 Å². The first-order chi connectivity index (χ1) is 17.0. The van der Waals surface area contributed by atoms with Gasteiger partial charge < -0.3 is 19.9 Å². The van der Waals surface area contributed by atoms with Crippen LogP contribution in [0.5, 0.6) is 11.5 Å². The molecule has 6 nitrogen and oxygen atoms in total. The number of para-hydroxylation sites is 1. The van der Waals surface area contributed by atoms with Crippen molar-refractivity contribution < 1.29 is 24.2 Å². The molecular weight excluding hydrogens is 442 g/mol. The van der Waals surface area contributed by atoms with Gasteiger partial charge in [0.25, 0.3) is 0 Å². The molecule has 1 fully saturated rings. The van der Waals surface area contributed by atoms with E-state index in [1.165, 1.54) is 0 Å². The Hall–Kier alpha value is -3.54. The number of nitrogens with one attached hydrogen (secondary N) is 1. The molecule has 2 aliphatic carbocycles. The predicted octanol–water partition coefficient (Wildman–Crippen LogP) is 5.25. The van der Waals surface area contributed by atoms with Crippen LogP contribution in [0.3, 0.4) is 0 Å². The van der Waals surface area contributed by atoms with Crippen molar-refractivity contribution >= 4 is 11.8 Å². The molecule has 35 heavy (non-hydrogen) atoms. The van der Waals surface area contributed by atoms with E-state index < -0.39 is 5.92 Å². The molecule has 6 heteroatoms. The molecule has 2 aromatic rings. The number of hydrogen-bond donors (Lipinski definition) is 2. The van der Waals surface area contributed by atoms with Crippen molar-refractivity contribution in [3.8, 4) is 11.5 Å². The maximum atomic E-state index is 13.7. The Morgan fingerprint density at radius 1 is 1.03 bits per heavy atom. The molecule has 0 bridgehead atoms. The summed E-state index contributed by atoms with van der Waals surface area (Å²) in [6, 6.07) is 14.6. The summed E-state index contributed by atoms with van der Waals surface area (Å²) in [6.07, 6.45) is 4.78. The fourth-order valence-corrected chi connectivity index (χ4v) is 5.75. The summed E-state index contributed by atoms with van der Waals surface area (Å²) >= 11 is 0. The highest BCUT2D eigenvalue weighted by Gasteiger charge is 2.42. The normalized spacial score (nSPS) is 22.6. The fraction of sp³-hybridized carbons (Fsp3) is 0.379. The molecular formula is C29H31NO5. The number of ether oxygens (including phenoxy) is 2. The van der Waals surface area contributed by atoms with E-state index >= 15 is 0 Å². The topological polar surface area (TPSA) is 84.9 Å². The van der Waals surface area contributed by atoms with Crippen LogP contribution in [0.4, 0.5) is 0 Å². The second-order valence-corrected chi connectivity index (χ2v) is 9.66. The largest absolute Gasteiger partial charge is 0.508 e. The SMILES string of the molecule is COc1ccccc1[C@H]1CC(=O)C2=C(C1)NC(C)=C(C(=O)OC1CCCC1)[C@H]2c1ccc(O)cc1. The molecule has 2 atom stereocenters. The van der Waals surface area contributed by atoms with Gasteiger partial charge >= 0.3 is 5.97 Å². The van der Waals surface area contributed by atoms with Gasteiger partial charge in [0.15, 0.2) is 5.78 Å². The molecule has 1 aliphatic heterocycles. The van der Waals surface area contributed by atoms with E-state index in [0.29, 0.717) is 29.7 Å². The Kier molecular flexibility index (Phi) is 6.37. The lowest BCUT2D eigenvalue weighted by Gasteiger charge is -2.37. The number of benzene rings is 2. The van der Waals surface area contributed by atoms with Gasteiger partial charge in [-0.25, -0.2) is 4.79 Å². The number of carbonyl (C=O) groups excluding carboxylic acids is 2. The standard InChI is InChI=1S/C29H31NO5/c1-17-26(29(33)35-21-7-3-4-8-21)27(18-11-13-20(31)14-12-18)28-23(30-17)15-19(16-24(28)32)22-9-5-6-10-25(22)34-2/h5-6,9-14,19,21,27,30-31H,3-4,7-8,15-16H2,1-2H3/t19-,27-/m1/s1. The number of esters is 1. The second kappa shape index (κ2) is 9.61. The van der Waals surface area contributed by atoms with Crippen LogP contribution >= 0.6 is 0 Å². The highest BCUT2D eigenvalue weighted by Crippen LogP contribution is 2.47. The third-order valence-corrected chi connectivity index (χ3v) is 7.43. The second-order valence-electron chi connectivity index (χ2n) is 9.66. The molecule has 0 unspecified atom stereocenters. The van der Waals surface area contributed by atoms with E-state index in [1.807, 2.05) is 31.2 Å². The summed E-state index contributed by atoms with van der Waals surface area (Å²) in [5.41, 5.74) is 4.43. The molecule has 5 rings (SSSR count). The van der Waals surface area contributed by atoms with Crippen molar-refractivity contribution in [2.45, 2.75) is 63.4 Å². The number of hydrogen-bond acceptors (Lipinski definition) is 6. The summed E-state index contributed by atoms with van der Waals surface area (Å²) in [7, 11) is 1.64. The first kappa shape index (κ1) is 23.2. The first-order valence-corrected chi connectivity index (χ1v) is 12.3. The van der Waals surface area contributed by atoms with Crippen molar-refractivity contribution in [3.63, 3.8) is 0 Å². The van der Waals surface area contributed by atoms with E-state index in [4.69, 9.17) is 9.47 Å². The number of methoxy groups -OCH3 is 1. The Balaban J connectivity index is 1.54. The molecule has 0 amide bonds. The van der Waals surface area contributed by atoms with E-state index in [0.717, 1.165) is 48.3 Å². The Labute approximate surface area is 205 Å². The van der Waals surface area contributed by atoms with Crippen LogP contribution < -0.4 is 10.1 Å². The maximum Gasteiger partial charge on any atom is 0.337 e. The average Bonchev–Trinajstić information content (AvgIpc) is 3.36. The number of Topliss-reactive ketones (excluding diaryl/α,β-unsaturated/α-hetero) is 1. The zero-order chi connectivity index (χ0) is 24.5. The molecule has 1 saturated carbocycles. The van der Waals surface area contributed by atoms with Crippen LogP contribution in [0.1, 0.15) is 68.4 Å². The van der Waals surface area contributed by atoms with Gasteiger partial charge in [-0.3, -0.25) is 4.79 Å². The van der Waals surface area contributed by atoms with Crippen LogP contribution in [0.2, 0.25) is 0 Å². The number of phenolic OH excluding ortho intramolecular Hbond substituents is 1. The van der Waals surface area contributed by atoms with Crippen molar-refractivity contribution in [1.29, 1.82) is 0 Å². The number of dihydropyridines is 1. The monoisotopic (exact) mass is 473 g/mol. The Morgan fingerprint density at radius 3 is 2.46 bits per heavy atom. The molecule has 0 saturated heterocycles. The van der Waals surface area contributed by atoms with E-state index in [2.05, 4.69) is 5.32 Å². The maximum absolute atomic E-state index is 13.7. The third kappa shape index (κ3) is 4.45. The van der Waals surface area contributed by atoms with Crippen LogP contribution in [0, 0.1) is 0 Å². The van der Waals surface area contributed by atoms with Gasteiger partial charge in [-0.1, -0.05) is 30.3 Å². The minimum absolute atomic E-state index is 0.00592. The number of rotatable bonds is 5. The van der Waals surface area contributed by atoms with Crippen molar-refractivity contribution in [3.05, 3.63) is 82.2 Å². The summed E-state index contributed by atoms with van der Waals surface area (Å²) < 4.78 is 11.5. The minimum atomic E-state index is -0.535. The third-order valence-electron chi connectivity index (χ3n) is 7.43. The number of allylic oxidation sites excluding steroid dienone is 3. The molecule has 2 N–H and O–H groups in total. The van der Waals surface area contributed by atoms with E-state index in [-0.39, 0.29) is 29.5 Å². The summed E-state index contributed by atoms with van der Waals surface area (Å²) in [5, 5.41) is 13.3. The van der Waals surface area contributed by atoms with Gasteiger partial charge in [0.05, 0.1) is 12.7 Å². The molecule has 3 aliphatic rings. The quantitative estimate of drug-likeness (QED) is 0.577. The molecule has 0 radical (unpaired) electrons. The molecule has 0 spiro atoms. The lowest BCUT2D eigenvalue weighted by molar-refractivity contribution is -0.144. The van der Waals surface area contributed by atoms with E-state index in [9.17, 15) is 14.7 Å². The van der Waals surface area contributed by atoms with Gasteiger partial charge in [-0.15, -0.1) is 0 Å². The number of phenols is 1. The first-order valence-electron chi connectivity index (χ1n) is 12.3. The van der Waals surface area contributed by atoms with Gasteiger partial charge in [-0.2, -0.15) is 0 Å². The van der Waals surface area contributed by atoms with Gasteiger partial charge in [0.1, 0.15) is 17.6 Å². The number of aromatic hydroxyl groups is 1.